The van der Waals surface area contributed by atoms with Crippen LogP contribution in [0.15, 0.2) is 67.3 Å². The van der Waals surface area contributed by atoms with Crippen LogP contribution in [0.4, 0.5) is 5.69 Å². The summed E-state index contributed by atoms with van der Waals surface area (Å²) in [5, 5.41) is 5.34. The summed E-state index contributed by atoms with van der Waals surface area (Å²) in [5.74, 6) is -0.938. The Morgan fingerprint density at radius 2 is 1.71 bits per heavy atom. The second-order valence-corrected chi connectivity index (χ2v) is 8.17. The highest BCUT2D eigenvalue weighted by molar-refractivity contribution is 7.88. The molecule has 0 fully saturated rings. The second-order valence-electron chi connectivity index (χ2n) is 6.13. The Balaban J connectivity index is 2.37. The molecule has 0 aromatic heterocycles. The molecule has 1 atom stereocenters. The highest BCUT2D eigenvalue weighted by atomic mass is 32.2. The average molecular weight is 401 g/mol. The molecule has 0 aliphatic heterocycles. The smallest absolute Gasteiger partial charge is 0.253 e. The number of amides is 2. The summed E-state index contributed by atoms with van der Waals surface area (Å²) in [6.45, 7) is 3.83. The van der Waals surface area contributed by atoms with Crippen molar-refractivity contribution in [3.63, 3.8) is 0 Å². The Hall–Kier alpha value is -2.97. The van der Waals surface area contributed by atoms with Crippen LogP contribution < -0.4 is 10.6 Å². The van der Waals surface area contributed by atoms with E-state index in [2.05, 4.69) is 17.2 Å². The lowest BCUT2D eigenvalue weighted by molar-refractivity contribution is -0.119. The summed E-state index contributed by atoms with van der Waals surface area (Å²) in [5.41, 5.74) is 1.07. The fourth-order valence-corrected chi connectivity index (χ4v) is 3.20. The van der Waals surface area contributed by atoms with Gasteiger partial charge in [-0.05, 0) is 17.7 Å². The fourth-order valence-electron chi connectivity index (χ4n) is 2.60. The molecule has 2 N–H and O–H groups in total. The Bertz CT molecular complexity index is 958. The highest BCUT2D eigenvalue weighted by Crippen LogP contribution is 2.25. The average Bonchev–Trinajstić information content (AvgIpc) is 2.66. The van der Waals surface area contributed by atoms with E-state index in [-0.39, 0.29) is 23.7 Å². The third kappa shape index (κ3) is 5.28. The van der Waals surface area contributed by atoms with Crippen molar-refractivity contribution < 1.29 is 18.0 Å². The molecule has 2 amide bonds. The first-order chi connectivity index (χ1) is 13.3. The number of benzene rings is 2. The zero-order chi connectivity index (χ0) is 20.7. The largest absolute Gasteiger partial charge is 0.349 e. The molecule has 2 rings (SSSR count). The standard InChI is InChI=1S/C20H23N3O4S/c1-4-14-21-19(24)16-12-8-9-13-17(16)22-20(25)18(23(2)28(3,26)27)15-10-6-5-7-11-15/h4-13,18H,1,14H2,2-3H3,(H,21,24)(H,22,25). The van der Waals surface area contributed by atoms with Crippen LogP contribution in [0.3, 0.4) is 0 Å². The van der Waals surface area contributed by atoms with Gasteiger partial charge in [0, 0.05) is 13.6 Å². The van der Waals surface area contributed by atoms with E-state index in [1.165, 1.54) is 7.05 Å². The predicted octanol–water partition coefficient (Wildman–Crippen LogP) is 2.17. The van der Waals surface area contributed by atoms with Gasteiger partial charge in [-0.1, -0.05) is 48.5 Å². The molecule has 7 nitrogen and oxygen atoms in total. The molecule has 8 heteroatoms. The van der Waals surface area contributed by atoms with Crippen LogP contribution in [0, 0.1) is 0 Å². The molecule has 0 saturated carbocycles. The summed E-state index contributed by atoms with van der Waals surface area (Å²) in [6.07, 6.45) is 2.58. The van der Waals surface area contributed by atoms with Gasteiger partial charge in [0.15, 0.2) is 0 Å². The van der Waals surface area contributed by atoms with Gasteiger partial charge in [0.25, 0.3) is 5.91 Å². The minimum Gasteiger partial charge on any atom is -0.349 e. The van der Waals surface area contributed by atoms with Gasteiger partial charge in [0.05, 0.1) is 17.5 Å². The van der Waals surface area contributed by atoms with E-state index in [0.717, 1.165) is 10.6 Å². The maximum absolute atomic E-state index is 13.0. The first kappa shape index (κ1) is 21.3. The van der Waals surface area contributed by atoms with Gasteiger partial charge in [0.2, 0.25) is 15.9 Å². The van der Waals surface area contributed by atoms with Crippen molar-refractivity contribution in [3.05, 3.63) is 78.4 Å². The molecule has 0 spiro atoms. The third-order valence-electron chi connectivity index (χ3n) is 4.09. The van der Waals surface area contributed by atoms with Crippen LogP contribution in [0.25, 0.3) is 0 Å². The lowest BCUT2D eigenvalue weighted by atomic mass is 10.1. The van der Waals surface area contributed by atoms with E-state index in [4.69, 9.17) is 0 Å². The predicted molar refractivity (Wildman–Crippen MR) is 109 cm³/mol. The number of sulfonamides is 1. The zero-order valence-electron chi connectivity index (χ0n) is 15.8. The van der Waals surface area contributed by atoms with Crippen LogP contribution in [0.5, 0.6) is 0 Å². The first-order valence-corrected chi connectivity index (χ1v) is 10.4. The van der Waals surface area contributed by atoms with E-state index in [1.807, 2.05) is 0 Å². The van der Waals surface area contributed by atoms with Crippen LogP contribution in [0.1, 0.15) is 22.0 Å². The Morgan fingerprint density at radius 1 is 1.11 bits per heavy atom. The van der Waals surface area contributed by atoms with Crippen molar-refractivity contribution in [2.75, 3.05) is 25.2 Å². The number of carbonyl (C=O) groups is 2. The van der Waals surface area contributed by atoms with Gasteiger partial charge in [-0.3, -0.25) is 9.59 Å². The molecule has 0 heterocycles. The van der Waals surface area contributed by atoms with Crippen LogP contribution in [-0.2, 0) is 14.8 Å². The summed E-state index contributed by atoms with van der Waals surface area (Å²) in [7, 11) is -2.30. The van der Waals surface area contributed by atoms with Gasteiger partial charge < -0.3 is 10.6 Å². The van der Waals surface area contributed by atoms with Crippen molar-refractivity contribution in [1.82, 2.24) is 9.62 Å². The highest BCUT2D eigenvalue weighted by Gasteiger charge is 2.31. The van der Waals surface area contributed by atoms with Crippen molar-refractivity contribution in [2.24, 2.45) is 0 Å². The number of hydrogen-bond donors (Lipinski definition) is 2. The van der Waals surface area contributed by atoms with Crippen LogP contribution in [-0.4, -0.2) is 44.4 Å². The number of nitrogens with zero attached hydrogens (tertiary/aromatic N) is 1. The molecule has 2 aromatic carbocycles. The molecule has 1 unspecified atom stereocenters. The van der Waals surface area contributed by atoms with Gasteiger partial charge in [-0.25, -0.2) is 8.42 Å². The number of likely N-dealkylation sites (N-methyl/N-ethyl adjacent to an activating group) is 1. The van der Waals surface area contributed by atoms with E-state index in [9.17, 15) is 18.0 Å². The maximum Gasteiger partial charge on any atom is 0.253 e. The number of rotatable bonds is 8. The minimum absolute atomic E-state index is 0.270. The van der Waals surface area contributed by atoms with E-state index in [1.54, 1.807) is 60.7 Å². The number of para-hydroxylation sites is 1. The van der Waals surface area contributed by atoms with E-state index < -0.39 is 22.0 Å². The van der Waals surface area contributed by atoms with Gasteiger partial charge in [0.1, 0.15) is 6.04 Å². The van der Waals surface area contributed by atoms with Gasteiger partial charge in [-0.15, -0.1) is 6.58 Å². The maximum atomic E-state index is 13.0. The Labute approximate surface area is 165 Å². The molecule has 0 aliphatic rings. The molecule has 28 heavy (non-hydrogen) atoms. The summed E-state index contributed by atoms with van der Waals surface area (Å²) < 4.78 is 25.1. The number of carbonyl (C=O) groups excluding carboxylic acids is 2. The van der Waals surface area contributed by atoms with Crippen LogP contribution in [0.2, 0.25) is 0 Å². The summed E-state index contributed by atoms with van der Waals surface area (Å²) in [4.78, 5) is 25.3. The van der Waals surface area contributed by atoms with E-state index in [0.29, 0.717) is 5.56 Å². The third-order valence-corrected chi connectivity index (χ3v) is 5.34. The monoisotopic (exact) mass is 401 g/mol. The van der Waals surface area contributed by atoms with Crippen LogP contribution >= 0.6 is 0 Å². The van der Waals surface area contributed by atoms with Crippen molar-refractivity contribution in [2.45, 2.75) is 6.04 Å². The van der Waals surface area contributed by atoms with Crippen molar-refractivity contribution >= 4 is 27.5 Å². The van der Waals surface area contributed by atoms with Gasteiger partial charge in [-0.2, -0.15) is 4.31 Å². The van der Waals surface area contributed by atoms with E-state index >= 15 is 0 Å². The van der Waals surface area contributed by atoms with Crippen molar-refractivity contribution in [3.8, 4) is 0 Å². The number of nitrogens with one attached hydrogen (secondary N) is 2. The molecule has 2 aromatic rings. The number of hydrogen-bond acceptors (Lipinski definition) is 4. The first-order valence-electron chi connectivity index (χ1n) is 8.52. The summed E-state index contributed by atoms with van der Waals surface area (Å²) in [6, 6.07) is 14.0. The topological polar surface area (TPSA) is 95.6 Å². The Morgan fingerprint density at radius 3 is 2.32 bits per heavy atom. The van der Waals surface area contributed by atoms with Gasteiger partial charge >= 0.3 is 0 Å². The molecule has 0 saturated heterocycles. The molecule has 0 aliphatic carbocycles. The lowest BCUT2D eigenvalue weighted by Gasteiger charge is -2.26. The molecule has 0 bridgehead atoms. The molecular weight excluding hydrogens is 378 g/mol. The second kappa shape index (κ2) is 9.29. The fraction of sp³-hybridized carbons (Fsp3) is 0.200. The zero-order valence-corrected chi connectivity index (χ0v) is 16.6. The minimum atomic E-state index is -3.64. The normalized spacial score (nSPS) is 12.2. The summed E-state index contributed by atoms with van der Waals surface area (Å²) >= 11 is 0. The molecule has 0 radical (unpaired) electrons. The lowest BCUT2D eigenvalue weighted by Crippen LogP contribution is -2.38. The number of anilines is 1. The van der Waals surface area contributed by atoms with Crippen molar-refractivity contribution in [1.29, 1.82) is 0 Å². The Kier molecular flexibility index (Phi) is 7.08. The molecule has 148 valence electrons. The quantitative estimate of drug-likeness (QED) is 0.663. The SMILES string of the molecule is C=CCNC(=O)c1ccccc1NC(=O)C(c1ccccc1)N(C)S(C)(=O)=O. The molecular formula is C20H23N3O4S.